The molecule has 1 amide bonds. The molecule has 0 aliphatic rings. The van der Waals surface area contributed by atoms with Crippen LogP contribution in [-0.2, 0) is 11.2 Å². The Bertz CT molecular complexity index is 1260. The van der Waals surface area contributed by atoms with Crippen molar-refractivity contribution in [1.29, 1.82) is 0 Å². The molecule has 0 saturated carbocycles. The Morgan fingerprint density at radius 3 is 2.53 bits per heavy atom. The number of halogens is 2. The van der Waals surface area contributed by atoms with Crippen molar-refractivity contribution >= 4 is 35.0 Å². The van der Waals surface area contributed by atoms with Crippen LogP contribution >= 0.6 is 23.4 Å². The van der Waals surface area contributed by atoms with Gasteiger partial charge in [0.1, 0.15) is 5.82 Å². The zero-order valence-electron chi connectivity index (χ0n) is 17.3. The van der Waals surface area contributed by atoms with Crippen molar-refractivity contribution in [3.8, 4) is 17.1 Å². The molecule has 32 heavy (non-hydrogen) atoms. The van der Waals surface area contributed by atoms with Gasteiger partial charge in [0.15, 0.2) is 11.0 Å². The second kappa shape index (κ2) is 9.97. The number of rotatable bonds is 7. The molecule has 4 rings (SSSR count). The van der Waals surface area contributed by atoms with Crippen molar-refractivity contribution in [2.24, 2.45) is 0 Å². The molecule has 0 aliphatic carbocycles. The Hall–Kier alpha value is -3.16. The summed E-state index contributed by atoms with van der Waals surface area (Å²) in [6.07, 6.45) is 0.812. The van der Waals surface area contributed by atoms with E-state index in [4.69, 9.17) is 11.6 Å². The van der Waals surface area contributed by atoms with Gasteiger partial charge in [-0.25, -0.2) is 4.39 Å². The van der Waals surface area contributed by atoms with Gasteiger partial charge in [0, 0.05) is 11.3 Å². The van der Waals surface area contributed by atoms with Gasteiger partial charge in [-0.15, -0.1) is 10.2 Å². The van der Waals surface area contributed by atoms with E-state index >= 15 is 0 Å². The number of aromatic nitrogens is 3. The molecule has 1 N–H and O–H groups in total. The summed E-state index contributed by atoms with van der Waals surface area (Å²) in [5.41, 5.74) is 2.75. The number of thioether (sulfide) groups is 1. The zero-order chi connectivity index (χ0) is 22.5. The lowest BCUT2D eigenvalue weighted by atomic mass is 10.1. The van der Waals surface area contributed by atoms with Crippen LogP contribution in [0.4, 0.5) is 10.1 Å². The minimum absolute atomic E-state index is 0.0904. The standard InChI is InChI=1S/C24H20ClFN4OS/c1-2-16-9-3-7-13-20(16)27-22(31)15-32-24-29-28-23(17-10-4-5-11-18(17)25)30(24)21-14-8-6-12-19(21)26/h3-14H,2,15H2,1H3,(H,27,31). The Kier molecular flexibility index (Phi) is 6.87. The predicted octanol–water partition coefficient (Wildman–Crippen LogP) is 6.02. The fourth-order valence-corrected chi connectivity index (χ4v) is 4.26. The first-order valence-electron chi connectivity index (χ1n) is 10.0. The molecule has 0 bridgehead atoms. The number of benzene rings is 3. The van der Waals surface area contributed by atoms with Crippen molar-refractivity contribution in [2.75, 3.05) is 11.1 Å². The number of carbonyl (C=O) groups is 1. The lowest BCUT2D eigenvalue weighted by Crippen LogP contribution is -2.15. The minimum Gasteiger partial charge on any atom is -0.325 e. The SMILES string of the molecule is CCc1ccccc1NC(=O)CSc1nnc(-c2ccccc2Cl)n1-c1ccccc1F. The predicted molar refractivity (Wildman–Crippen MR) is 127 cm³/mol. The molecule has 0 radical (unpaired) electrons. The van der Waals surface area contributed by atoms with Gasteiger partial charge >= 0.3 is 0 Å². The fraction of sp³-hybridized carbons (Fsp3) is 0.125. The van der Waals surface area contributed by atoms with E-state index in [1.54, 1.807) is 34.9 Å². The summed E-state index contributed by atoms with van der Waals surface area (Å²) >= 11 is 7.55. The average molecular weight is 467 g/mol. The molecule has 5 nitrogen and oxygen atoms in total. The van der Waals surface area contributed by atoms with Crippen LogP contribution in [0, 0.1) is 5.82 Å². The Morgan fingerprint density at radius 1 is 1.03 bits per heavy atom. The maximum absolute atomic E-state index is 14.7. The number of anilines is 1. The lowest BCUT2D eigenvalue weighted by molar-refractivity contribution is -0.113. The van der Waals surface area contributed by atoms with Crippen molar-refractivity contribution in [3.05, 3.63) is 89.2 Å². The number of nitrogens with zero attached hydrogens (tertiary/aromatic N) is 3. The van der Waals surface area contributed by atoms with Crippen molar-refractivity contribution in [3.63, 3.8) is 0 Å². The number of aryl methyl sites for hydroxylation is 1. The molecule has 0 spiro atoms. The number of carbonyl (C=O) groups excluding carboxylic acids is 1. The highest BCUT2D eigenvalue weighted by Gasteiger charge is 2.21. The Labute approximate surface area is 194 Å². The molecule has 0 atom stereocenters. The van der Waals surface area contributed by atoms with E-state index in [0.29, 0.717) is 21.6 Å². The maximum atomic E-state index is 14.7. The topological polar surface area (TPSA) is 59.8 Å². The summed E-state index contributed by atoms with van der Waals surface area (Å²) in [7, 11) is 0. The van der Waals surface area contributed by atoms with Gasteiger partial charge < -0.3 is 5.32 Å². The lowest BCUT2D eigenvalue weighted by Gasteiger charge is -2.12. The van der Waals surface area contributed by atoms with E-state index in [9.17, 15) is 9.18 Å². The van der Waals surface area contributed by atoms with Crippen LogP contribution < -0.4 is 5.32 Å². The molecule has 0 saturated heterocycles. The molecule has 162 valence electrons. The molecule has 1 aromatic heterocycles. The maximum Gasteiger partial charge on any atom is 0.234 e. The quantitative estimate of drug-likeness (QED) is 0.338. The van der Waals surface area contributed by atoms with Crippen LogP contribution in [0.2, 0.25) is 5.02 Å². The van der Waals surface area contributed by atoms with E-state index in [0.717, 1.165) is 17.7 Å². The number of para-hydroxylation sites is 2. The Balaban J connectivity index is 1.64. The number of hydrogen-bond donors (Lipinski definition) is 1. The van der Waals surface area contributed by atoms with Crippen molar-refractivity contribution in [1.82, 2.24) is 14.8 Å². The van der Waals surface area contributed by atoms with E-state index in [1.165, 1.54) is 17.8 Å². The zero-order valence-corrected chi connectivity index (χ0v) is 18.8. The average Bonchev–Trinajstić information content (AvgIpc) is 3.22. The molecule has 4 aromatic rings. The second-order valence-electron chi connectivity index (χ2n) is 6.92. The normalized spacial score (nSPS) is 10.8. The third kappa shape index (κ3) is 4.69. The van der Waals surface area contributed by atoms with Crippen LogP contribution in [0.15, 0.2) is 78.0 Å². The second-order valence-corrected chi connectivity index (χ2v) is 8.27. The summed E-state index contributed by atoms with van der Waals surface area (Å²) < 4.78 is 16.3. The van der Waals surface area contributed by atoms with Gasteiger partial charge in [-0.2, -0.15) is 0 Å². The van der Waals surface area contributed by atoms with Gasteiger partial charge in [-0.05, 0) is 42.3 Å². The van der Waals surface area contributed by atoms with Crippen molar-refractivity contribution in [2.45, 2.75) is 18.5 Å². The van der Waals surface area contributed by atoms with E-state index < -0.39 is 5.82 Å². The molecule has 0 fully saturated rings. The summed E-state index contributed by atoms with van der Waals surface area (Å²) in [6.45, 7) is 2.03. The minimum atomic E-state index is -0.427. The van der Waals surface area contributed by atoms with E-state index in [-0.39, 0.29) is 17.3 Å². The Morgan fingerprint density at radius 2 is 1.75 bits per heavy atom. The highest BCUT2D eigenvalue weighted by atomic mass is 35.5. The third-order valence-corrected chi connectivity index (χ3v) is 6.10. The van der Waals surface area contributed by atoms with Gasteiger partial charge in [0.2, 0.25) is 5.91 Å². The largest absolute Gasteiger partial charge is 0.325 e. The van der Waals surface area contributed by atoms with Crippen LogP contribution in [-0.4, -0.2) is 26.4 Å². The van der Waals surface area contributed by atoms with Crippen LogP contribution in [0.25, 0.3) is 17.1 Å². The molecular formula is C24H20ClFN4OS. The van der Waals surface area contributed by atoms with Gasteiger partial charge in [-0.3, -0.25) is 9.36 Å². The third-order valence-electron chi connectivity index (χ3n) is 4.85. The van der Waals surface area contributed by atoms with E-state index in [1.807, 2.05) is 43.3 Å². The fourth-order valence-electron chi connectivity index (χ4n) is 3.30. The van der Waals surface area contributed by atoms with Crippen LogP contribution in [0.5, 0.6) is 0 Å². The smallest absolute Gasteiger partial charge is 0.234 e. The molecule has 0 aliphatic heterocycles. The number of nitrogens with one attached hydrogen (secondary N) is 1. The van der Waals surface area contributed by atoms with E-state index in [2.05, 4.69) is 15.5 Å². The van der Waals surface area contributed by atoms with Crippen molar-refractivity contribution < 1.29 is 9.18 Å². The summed E-state index contributed by atoms with van der Waals surface area (Å²) in [5, 5.41) is 12.3. The molecule has 8 heteroatoms. The first kappa shape index (κ1) is 22.0. The van der Waals surface area contributed by atoms with Crippen LogP contribution in [0.1, 0.15) is 12.5 Å². The molecular weight excluding hydrogens is 447 g/mol. The number of amides is 1. The molecule has 3 aromatic carbocycles. The van der Waals surface area contributed by atoms with Gasteiger partial charge in [0.05, 0.1) is 16.5 Å². The summed E-state index contributed by atoms with van der Waals surface area (Å²) in [6, 6.07) is 21.2. The first-order chi connectivity index (χ1) is 15.6. The van der Waals surface area contributed by atoms with Crippen LogP contribution in [0.3, 0.4) is 0 Å². The highest BCUT2D eigenvalue weighted by Crippen LogP contribution is 2.32. The molecule has 1 heterocycles. The highest BCUT2D eigenvalue weighted by molar-refractivity contribution is 7.99. The monoisotopic (exact) mass is 466 g/mol. The van der Waals surface area contributed by atoms with Gasteiger partial charge in [-0.1, -0.05) is 72.8 Å². The summed E-state index contributed by atoms with van der Waals surface area (Å²) in [5.74, 6) is -0.116. The molecule has 0 unspecified atom stereocenters. The van der Waals surface area contributed by atoms with Gasteiger partial charge in [0.25, 0.3) is 0 Å². The number of hydrogen-bond acceptors (Lipinski definition) is 4. The summed E-state index contributed by atoms with van der Waals surface area (Å²) in [4.78, 5) is 12.6. The first-order valence-corrected chi connectivity index (χ1v) is 11.4.